The number of nitrogens with zero attached hydrogens (tertiary/aromatic N) is 2. The molecule has 4 N–H and O–H groups in total. The number of thiazole rings is 1. The molecular formula is C10H17N5S. The zero-order valence-electron chi connectivity index (χ0n) is 9.20. The lowest BCUT2D eigenvalue weighted by atomic mass is 10.2. The highest BCUT2D eigenvalue weighted by Crippen LogP contribution is 2.19. The third kappa shape index (κ3) is 3.18. The number of aryl methyl sites for hydroxylation is 1. The lowest BCUT2D eigenvalue weighted by molar-refractivity contribution is 0.668. The summed E-state index contributed by atoms with van der Waals surface area (Å²) in [4.78, 5) is 8.85. The van der Waals surface area contributed by atoms with E-state index in [1.54, 1.807) is 11.3 Å². The third-order valence-electron chi connectivity index (χ3n) is 2.32. The van der Waals surface area contributed by atoms with Crippen LogP contribution in [0.1, 0.15) is 18.5 Å². The summed E-state index contributed by atoms with van der Waals surface area (Å²) in [6, 6.07) is 0. The number of hydrogen-bond donors (Lipinski definition) is 3. The molecule has 1 aromatic heterocycles. The van der Waals surface area contributed by atoms with Gasteiger partial charge in [0.05, 0.1) is 5.69 Å². The van der Waals surface area contributed by atoms with Crippen LogP contribution in [0.3, 0.4) is 0 Å². The summed E-state index contributed by atoms with van der Waals surface area (Å²) in [5.74, 6) is 0.839. The van der Waals surface area contributed by atoms with E-state index in [2.05, 4.69) is 26.0 Å². The van der Waals surface area contributed by atoms with Gasteiger partial charge in [0.15, 0.2) is 5.96 Å². The predicted molar refractivity (Wildman–Crippen MR) is 67.2 cm³/mol. The molecule has 1 saturated heterocycles. The quantitative estimate of drug-likeness (QED) is 0.719. The predicted octanol–water partition coefficient (Wildman–Crippen LogP) is 0.605. The van der Waals surface area contributed by atoms with E-state index < -0.39 is 0 Å². The molecule has 0 amide bonds. The van der Waals surface area contributed by atoms with E-state index in [9.17, 15) is 0 Å². The first-order chi connectivity index (χ1) is 7.88. The number of aliphatic imine (C=N–C) groups is 1. The first-order valence-corrected chi connectivity index (χ1v) is 6.47. The van der Waals surface area contributed by atoms with Gasteiger partial charge in [-0.1, -0.05) is 0 Å². The van der Waals surface area contributed by atoms with Gasteiger partial charge in [0.2, 0.25) is 5.13 Å². The van der Waals surface area contributed by atoms with Gasteiger partial charge in [0.25, 0.3) is 0 Å². The molecule has 0 aromatic carbocycles. The van der Waals surface area contributed by atoms with Gasteiger partial charge < -0.3 is 16.4 Å². The summed E-state index contributed by atoms with van der Waals surface area (Å²) < 4.78 is 0. The van der Waals surface area contributed by atoms with Gasteiger partial charge in [0, 0.05) is 18.5 Å². The van der Waals surface area contributed by atoms with Crippen molar-refractivity contribution in [1.29, 1.82) is 0 Å². The highest BCUT2D eigenvalue weighted by atomic mass is 32.1. The number of hydrogen-bond acceptors (Lipinski definition) is 4. The van der Waals surface area contributed by atoms with Crippen LogP contribution in [0.5, 0.6) is 0 Å². The minimum Gasteiger partial charge on any atom is -0.356 e. The number of guanidine groups is 1. The van der Waals surface area contributed by atoms with Crippen LogP contribution in [0.15, 0.2) is 10.4 Å². The van der Waals surface area contributed by atoms with Crippen LogP contribution >= 0.6 is 11.3 Å². The molecule has 0 atom stereocenters. The Balaban J connectivity index is 1.95. The second-order valence-corrected chi connectivity index (χ2v) is 4.52. The van der Waals surface area contributed by atoms with E-state index in [-0.39, 0.29) is 0 Å². The summed E-state index contributed by atoms with van der Waals surface area (Å²) in [6.45, 7) is 2.68. The fourth-order valence-corrected chi connectivity index (χ4v) is 2.21. The van der Waals surface area contributed by atoms with Crippen LogP contribution in [-0.2, 0) is 6.42 Å². The van der Waals surface area contributed by atoms with E-state index in [1.807, 2.05) is 0 Å². The topological polar surface area (TPSA) is 75.3 Å². The Labute approximate surface area is 99.2 Å². The SMILES string of the molecule is NCCCc1csc(N=C2NCCCN2)n1. The maximum Gasteiger partial charge on any atom is 0.212 e. The Morgan fingerprint density at radius 3 is 3.00 bits per heavy atom. The molecular weight excluding hydrogens is 222 g/mol. The minimum absolute atomic E-state index is 0.713. The van der Waals surface area contributed by atoms with Crippen molar-refractivity contribution in [2.75, 3.05) is 19.6 Å². The van der Waals surface area contributed by atoms with Crippen molar-refractivity contribution >= 4 is 22.4 Å². The lowest BCUT2D eigenvalue weighted by Gasteiger charge is -2.16. The third-order valence-corrected chi connectivity index (χ3v) is 3.11. The lowest BCUT2D eigenvalue weighted by Crippen LogP contribution is -2.43. The molecule has 0 saturated carbocycles. The monoisotopic (exact) mass is 239 g/mol. The fourth-order valence-electron chi connectivity index (χ4n) is 1.48. The average Bonchev–Trinajstić information content (AvgIpc) is 2.75. The van der Waals surface area contributed by atoms with Crippen LogP contribution < -0.4 is 16.4 Å². The van der Waals surface area contributed by atoms with Gasteiger partial charge >= 0.3 is 0 Å². The van der Waals surface area contributed by atoms with Crippen LogP contribution in [-0.4, -0.2) is 30.6 Å². The Morgan fingerprint density at radius 2 is 2.25 bits per heavy atom. The van der Waals surface area contributed by atoms with Crippen LogP contribution in [0, 0.1) is 0 Å². The summed E-state index contributed by atoms with van der Waals surface area (Å²) >= 11 is 1.57. The molecule has 5 nitrogen and oxygen atoms in total. The minimum atomic E-state index is 0.713. The zero-order chi connectivity index (χ0) is 11.2. The molecule has 0 spiro atoms. The summed E-state index contributed by atoms with van der Waals surface area (Å²) in [7, 11) is 0. The summed E-state index contributed by atoms with van der Waals surface area (Å²) in [5, 5.41) is 9.27. The Bertz CT molecular complexity index is 352. The number of nitrogens with two attached hydrogens (primary N) is 1. The molecule has 2 heterocycles. The van der Waals surface area contributed by atoms with Crippen LogP contribution in [0.25, 0.3) is 0 Å². The summed E-state index contributed by atoms with van der Waals surface area (Å²) in [5.41, 5.74) is 6.55. The van der Waals surface area contributed by atoms with Gasteiger partial charge in [-0.2, -0.15) is 4.99 Å². The first kappa shape index (κ1) is 11.3. The van der Waals surface area contributed by atoms with E-state index >= 15 is 0 Å². The second kappa shape index (κ2) is 5.81. The van der Waals surface area contributed by atoms with E-state index in [4.69, 9.17) is 5.73 Å². The van der Waals surface area contributed by atoms with Crippen molar-refractivity contribution in [3.05, 3.63) is 11.1 Å². The first-order valence-electron chi connectivity index (χ1n) is 5.59. The Kier molecular flexibility index (Phi) is 4.12. The van der Waals surface area contributed by atoms with Gasteiger partial charge in [-0.05, 0) is 25.8 Å². The molecule has 0 radical (unpaired) electrons. The van der Waals surface area contributed by atoms with E-state index in [1.165, 1.54) is 0 Å². The van der Waals surface area contributed by atoms with E-state index in [0.29, 0.717) is 6.54 Å². The molecule has 1 fully saturated rings. The van der Waals surface area contributed by atoms with Gasteiger partial charge in [-0.15, -0.1) is 11.3 Å². The highest BCUT2D eigenvalue weighted by molar-refractivity contribution is 7.13. The van der Waals surface area contributed by atoms with Crippen molar-refractivity contribution < 1.29 is 0 Å². The second-order valence-electron chi connectivity index (χ2n) is 3.68. The van der Waals surface area contributed by atoms with Crippen LogP contribution in [0.2, 0.25) is 0 Å². The number of rotatable bonds is 4. The molecule has 1 aliphatic heterocycles. The Morgan fingerprint density at radius 1 is 1.44 bits per heavy atom. The molecule has 0 bridgehead atoms. The standard InChI is InChI=1S/C10H17N5S/c11-4-1-3-8-7-16-10(14-8)15-9-12-5-2-6-13-9/h7H,1-6,11H2,(H2,12,13,14,15). The normalized spacial score (nSPS) is 15.4. The number of aromatic nitrogens is 1. The molecule has 1 aromatic rings. The molecule has 16 heavy (non-hydrogen) atoms. The number of nitrogens with one attached hydrogen (secondary N) is 2. The van der Waals surface area contributed by atoms with Crippen molar-refractivity contribution in [3.8, 4) is 0 Å². The molecule has 1 aliphatic rings. The highest BCUT2D eigenvalue weighted by Gasteiger charge is 2.06. The van der Waals surface area contributed by atoms with Crippen molar-refractivity contribution in [2.24, 2.45) is 10.7 Å². The maximum atomic E-state index is 5.46. The van der Waals surface area contributed by atoms with Crippen molar-refractivity contribution in [1.82, 2.24) is 15.6 Å². The molecule has 0 unspecified atom stereocenters. The van der Waals surface area contributed by atoms with Crippen molar-refractivity contribution in [2.45, 2.75) is 19.3 Å². The van der Waals surface area contributed by atoms with Gasteiger partial charge in [-0.3, -0.25) is 0 Å². The smallest absolute Gasteiger partial charge is 0.212 e. The fraction of sp³-hybridized carbons (Fsp3) is 0.600. The van der Waals surface area contributed by atoms with Gasteiger partial charge in [0.1, 0.15) is 0 Å². The van der Waals surface area contributed by atoms with E-state index in [0.717, 1.165) is 49.1 Å². The van der Waals surface area contributed by atoms with Gasteiger partial charge in [-0.25, -0.2) is 4.98 Å². The molecule has 2 rings (SSSR count). The zero-order valence-corrected chi connectivity index (χ0v) is 10.0. The molecule has 0 aliphatic carbocycles. The maximum absolute atomic E-state index is 5.46. The Hall–Kier alpha value is -1.14. The van der Waals surface area contributed by atoms with Crippen molar-refractivity contribution in [3.63, 3.8) is 0 Å². The average molecular weight is 239 g/mol. The van der Waals surface area contributed by atoms with Crippen LogP contribution in [0.4, 0.5) is 5.13 Å². The molecule has 6 heteroatoms. The largest absolute Gasteiger partial charge is 0.356 e. The molecule has 88 valence electrons. The summed E-state index contributed by atoms with van der Waals surface area (Å²) in [6.07, 6.45) is 3.06.